The number of piperidine rings is 1. The van der Waals surface area contributed by atoms with E-state index in [4.69, 9.17) is 4.42 Å². The minimum absolute atomic E-state index is 0.0492. The van der Waals surface area contributed by atoms with E-state index < -0.39 is 0 Å². The number of nitrogens with one attached hydrogen (secondary N) is 2. The zero-order valence-electron chi connectivity index (χ0n) is 15.7. The van der Waals surface area contributed by atoms with Crippen molar-refractivity contribution in [2.24, 2.45) is 0 Å². The average molecular weight is 383 g/mol. The van der Waals surface area contributed by atoms with Crippen LogP contribution in [0.15, 0.2) is 53.1 Å². The maximum absolute atomic E-state index is 12.2. The van der Waals surface area contributed by atoms with E-state index in [1.54, 1.807) is 17.0 Å². The highest BCUT2D eigenvalue weighted by Gasteiger charge is 2.25. The molecule has 1 aliphatic heterocycles. The van der Waals surface area contributed by atoms with Gasteiger partial charge in [0, 0.05) is 32.1 Å². The number of amides is 3. The number of carbonyl (C=O) groups excluding carboxylic acids is 3. The van der Waals surface area contributed by atoms with E-state index in [-0.39, 0.29) is 30.2 Å². The van der Waals surface area contributed by atoms with Gasteiger partial charge < -0.3 is 20.0 Å². The Morgan fingerprint density at radius 1 is 1.00 bits per heavy atom. The molecule has 148 valence electrons. The number of rotatable bonds is 7. The molecule has 0 atom stereocenters. The fourth-order valence-electron chi connectivity index (χ4n) is 3.24. The Balaban J connectivity index is 1.31. The van der Waals surface area contributed by atoms with Gasteiger partial charge in [0.15, 0.2) is 5.76 Å². The molecule has 0 bridgehead atoms. The lowest BCUT2D eigenvalue weighted by molar-refractivity contribution is -0.122. The number of nitrogens with zero attached hydrogens (tertiary/aromatic N) is 1. The molecule has 0 unspecified atom stereocenters. The van der Waals surface area contributed by atoms with Gasteiger partial charge >= 0.3 is 0 Å². The Labute approximate surface area is 164 Å². The third-order valence-electron chi connectivity index (χ3n) is 4.76. The number of furan rings is 1. The largest absolute Gasteiger partial charge is 0.459 e. The Morgan fingerprint density at radius 2 is 1.75 bits per heavy atom. The number of carbonyl (C=O) groups is 3. The van der Waals surface area contributed by atoms with Crippen molar-refractivity contribution in [3.05, 3.63) is 60.1 Å². The summed E-state index contributed by atoms with van der Waals surface area (Å²) >= 11 is 0. The van der Waals surface area contributed by atoms with Crippen LogP contribution < -0.4 is 10.6 Å². The maximum atomic E-state index is 12.2. The molecule has 3 amide bonds. The lowest BCUT2D eigenvalue weighted by Gasteiger charge is -2.31. The molecule has 7 heteroatoms. The molecule has 0 saturated carbocycles. The van der Waals surface area contributed by atoms with Crippen molar-refractivity contribution in [2.75, 3.05) is 19.6 Å². The summed E-state index contributed by atoms with van der Waals surface area (Å²) in [7, 11) is 0. The first-order valence-corrected chi connectivity index (χ1v) is 9.54. The Bertz CT molecular complexity index is 781. The Kier molecular flexibility index (Phi) is 6.84. The van der Waals surface area contributed by atoms with Crippen molar-refractivity contribution < 1.29 is 18.8 Å². The van der Waals surface area contributed by atoms with E-state index >= 15 is 0 Å². The topological polar surface area (TPSA) is 91.7 Å². The summed E-state index contributed by atoms with van der Waals surface area (Å²) in [6, 6.07) is 12.9. The standard InChI is InChI=1S/C21H25N3O4/c25-19(8-11-22-20(26)15-16-5-2-1-3-6-16)23-17-9-12-24(13-10-17)21(27)18-7-4-14-28-18/h1-7,14,17H,8-13,15H2,(H,22,26)(H,23,25). The summed E-state index contributed by atoms with van der Waals surface area (Å²) in [6.45, 7) is 1.48. The second kappa shape index (κ2) is 9.73. The minimum Gasteiger partial charge on any atom is -0.459 e. The molecular weight excluding hydrogens is 358 g/mol. The highest BCUT2D eigenvalue weighted by atomic mass is 16.3. The first-order valence-electron chi connectivity index (χ1n) is 9.54. The molecule has 1 saturated heterocycles. The zero-order valence-corrected chi connectivity index (χ0v) is 15.7. The fourth-order valence-corrected chi connectivity index (χ4v) is 3.24. The highest BCUT2D eigenvalue weighted by molar-refractivity contribution is 5.91. The van der Waals surface area contributed by atoms with Crippen molar-refractivity contribution in [1.82, 2.24) is 15.5 Å². The molecule has 2 N–H and O–H groups in total. The first-order chi connectivity index (χ1) is 13.6. The number of hydrogen-bond acceptors (Lipinski definition) is 4. The number of likely N-dealkylation sites (tertiary alicyclic amines) is 1. The number of hydrogen-bond donors (Lipinski definition) is 2. The van der Waals surface area contributed by atoms with Crippen molar-refractivity contribution in [3.8, 4) is 0 Å². The Morgan fingerprint density at radius 3 is 2.43 bits per heavy atom. The molecule has 0 radical (unpaired) electrons. The fraction of sp³-hybridized carbons (Fsp3) is 0.381. The minimum atomic E-state index is -0.115. The van der Waals surface area contributed by atoms with Crippen molar-refractivity contribution >= 4 is 17.7 Å². The molecule has 7 nitrogen and oxygen atoms in total. The molecule has 1 aromatic carbocycles. The van der Waals surface area contributed by atoms with Crippen LogP contribution in [0.3, 0.4) is 0 Å². The van der Waals surface area contributed by atoms with E-state index in [1.165, 1.54) is 6.26 Å². The van der Waals surface area contributed by atoms with E-state index in [0.717, 1.165) is 5.56 Å². The lowest BCUT2D eigenvalue weighted by Crippen LogP contribution is -2.47. The van der Waals surface area contributed by atoms with Crippen LogP contribution in [0.4, 0.5) is 0 Å². The summed E-state index contributed by atoms with van der Waals surface area (Å²) in [5.41, 5.74) is 0.945. The van der Waals surface area contributed by atoms with Gasteiger partial charge in [-0.15, -0.1) is 0 Å². The maximum Gasteiger partial charge on any atom is 0.289 e. The molecule has 0 aliphatic carbocycles. The molecule has 1 aliphatic rings. The predicted molar refractivity (Wildman–Crippen MR) is 104 cm³/mol. The van der Waals surface area contributed by atoms with Crippen LogP contribution in [0.25, 0.3) is 0 Å². The molecule has 0 spiro atoms. The van der Waals surface area contributed by atoms with E-state index in [2.05, 4.69) is 10.6 Å². The van der Waals surface area contributed by atoms with Crippen molar-refractivity contribution in [2.45, 2.75) is 31.7 Å². The van der Waals surface area contributed by atoms with E-state index in [1.807, 2.05) is 30.3 Å². The van der Waals surface area contributed by atoms with Crippen LogP contribution in [0.2, 0.25) is 0 Å². The van der Waals surface area contributed by atoms with Crippen LogP contribution in [0.5, 0.6) is 0 Å². The summed E-state index contributed by atoms with van der Waals surface area (Å²) in [5.74, 6) is 0.0456. The quantitative estimate of drug-likeness (QED) is 0.762. The van der Waals surface area contributed by atoms with Gasteiger partial charge in [0.1, 0.15) is 0 Å². The highest BCUT2D eigenvalue weighted by Crippen LogP contribution is 2.14. The molecule has 3 rings (SSSR count). The van der Waals surface area contributed by atoms with Gasteiger partial charge in [-0.2, -0.15) is 0 Å². The molecule has 1 aromatic heterocycles. The van der Waals surface area contributed by atoms with Crippen LogP contribution in [-0.4, -0.2) is 48.3 Å². The molecule has 28 heavy (non-hydrogen) atoms. The second-order valence-corrected chi connectivity index (χ2v) is 6.87. The molecule has 2 aromatic rings. The average Bonchev–Trinajstić information content (AvgIpc) is 3.23. The van der Waals surface area contributed by atoms with Gasteiger partial charge in [-0.3, -0.25) is 14.4 Å². The Hall–Kier alpha value is -3.09. The number of benzene rings is 1. The molecule has 2 heterocycles. The van der Waals surface area contributed by atoms with Crippen LogP contribution >= 0.6 is 0 Å². The van der Waals surface area contributed by atoms with Gasteiger partial charge in [-0.25, -0.2) is 0 Å². The summed E-state index contributed by atoms with van der Waals surface area (Å²) in [5, 5.41) is 5.76. The van der Waals surface area contributed by atoms with Gasteiger partial charge in [0.05, 0.1) is 12.7 Å². The lowest BCUT2D eigenvalue weighted by atomic mass is 10.0. The van der Waals surface area contributed by atoms with Crippen molar-refractivity contribution in [1.29, 1.82) is 0 Å². The summed E-state index contributed by atoms with van der Waals surface area (Å²) < 4.78 is 5.15. The van der Waals surface area contributed by atoms with Crippen molar-refractivity contribution in [3.63, 3.8) is 0 Å². The van der Waals surface area contributed by atoms with Gasteiger partial charge in [-0.1, -0.05) is 30.3 Å². The normalized spacial score (nSPS) is 14.5. The third kappa shape index (κ3) is 5.70. The van der Waals surface area contributed by atoms with E-state index in [9.17, 15) is 14.4 Å². The van der Waals surface area contributed by atoms with E-state index in [0.29, 0.717) is 44.7 Å². The summed E-state index contributed by atoms with van der Waals surface area (Å²) in [6.07, 6.45) is 3.45. The van der Waals surface area contributed by atoms with Crippen LogP contribution in [-0.2, 0) is 16.0 Å². The van der Waals surface area contributed by atoms with Crippen LogP contribution in [0.1, 0.15) is 35.4 Å². The van der Waals surface area contributed by atoms with Gasteiger partial charge in [0.2, 0.25) is 11.8 Å². The monoisotopic (exact) mass is 383 g/mol. The predicted octanol–water partition coefficient (Wildman–Crippen LogP) is 1.75. The van der Waals surface area contributed by atoms with Gasteiger partial charge in [-0.05, 0) is 30.5 Å². The SMILES string of the molecule is O=C(Cc1ccccc1)NCCC(=O)NC1CCN(C(=O)c2ccco2)CC1. The zero-order chi connectivity index (χ0) is 19.8. The summed E-state index contributed by atoms with van der Waals surface area (Å²) in [4.78, 5) is 38.0. The van der Waals surface area contributed by atoms with Crippen LogP contribution in [0, 0.1) is 0 Å². The first kappa shape index (κ1) is 19.7. The smallest absolute Gasteiger partial charge is 0.289 e. The van der Waals surface area contributed by atoms with Gasteiger partial charge in [0.25, 0.3) is 5.91 Å². The molecule has 1 fully saturated rings. The molecular formula is C21H25N3O4. The second-order valence-electron chi connectivity index (χ2n) is 6.87. The third-order valence-corrected chi connectivity index (χ3v) is 4.76.